The average molecular weight is 598 g/mol. The van der Waals surface area contributed by atoms with Crippen LogP contribution in [0, 0.1) is 11.2 Å². The number of carbonyl (C=O) groups excluding carboxylic acids is 3. The second kappa shape index (κ2) is 13.4. The van der Waals surface area contributed by atoms with E-state index >= 15 is 0 Å². The Labute approximate surface area is 248 Å². The average Bonchev–Trinajstić information content (AvgIpc) is 3.74. The number of hydrogen-bond acceptors (Lipinski definition) is 8. The maximum absolute atomic E-state index is 14.9. The summed E-state index contributed by atoms with van der Waals surface area (Å²) >= 11 is 1.65. The molecule has 0 atom stereocenters. The quantitative estimate of drug-likeness (QED) is 0.0948. The second-order valence-corrected chi connectivity index (χ2v) is 12.3. The number of rotatable bonds is 13. The van der Waals surface area contributed by atoms with Gasteiger partial charge in [-0.15, -0.1) is 11.8 Å². The molecule has 42 heavy (non-hydrogen) atoms. The van der Waals surface area contributed by atoms with Gasteiger partial charge in [0.2, 0.25) is 5.91 Å². The zero-order valence-electron chi connectivity index (χ0n) is 24.3. The molecule has 2 aromatic carbocycles. The van der Waals surface area contributed by atoms with Gasteiger partial charge in [-0.05, 0) is 82.5 Å². The largest absolute Gasteiger partial charge is 0.496 e. The number of fused-ring (bicyclic) bond motifs is 1. The molecule has 0 unspecified atom stereocenters. The predicted octanol–water partition coefficient (Wildman–Crippen LogP) is 6.88. The lowest BCUT2D eigenvalue weighted by atomic mass is 10.1. The van der Waals surface area contributed by atoms with E-state index in [0.29, 0.717) is 48.1 Å². The van der Waals surface area contributed by atoms with E-state index in [4.69, 9.17) is 14.2 Å². The lowest BCUT2D eigenvalue weighted by Gasteiger charge is -2.19. The normalized spacial score (nSPS) is 13.7. The van der Waals surface area contributed by atoms with Gasteiger partial charge in [-0.25, -0.2) is 9.18 Å². The third kappa shape index (κ3) is 8.12. The monoisotopic (exact) mass is 597 g/mol. The van der Waals surface area contributed by atoms with Crippen molar-refractivity contribution in [3.63, 3.8) is 0 Å². The number of nitrogens with one attached hydrogen (secondary N) is 2. The lowest BCUT2D eigenvalue weighted by Crippen LogP contribution is -2.32. The van der Waals surface area contributed by atoms with E-state index in [-0.39, 0.29) is 11.4 Å². The number of halogens is 1. The van der Waals surface area contributed by atoms with Crippen molar-refractivity contribution in [2.75, 3.05) is 24.7 Å². The number of thioether (sulfide) groups is 1. The first-order chi connectivity index (χ1) is 20.0. The number of ether oxygens (including phenoxy) is 3. The van der Waals surface area contributed by atoms with Gasteiger partial charge in [-0.1, -0.05) is 6.42 Å². The molecule has 1 aliphatic rings. The highest BCUT2D eigenvalue weighted by molar-refractivity contribution is 7.99. The number of nitrogens with zero attached hydrogens (tertiary/aromatic N) is 1. The Morgan fingerprint density at radius 3 is 2.52 bits per heavy atom. The van der Waals surface area contributed by atoms with E-state index in [1.807, 2.05) is 32.9 Å². The molecule has 11 heteroatoms. The van der Waals surface area contributed by atoms with Crippen LogP contribution in [0.25, 0.3) is 10.9 Å². The van der Waals surface area contributed by atoms with Crippen molar-refractivity contribution in [2.45, 2.75) is 63.4 Å². The molecule has 1 saturated carbocycles. The van der Waals surface area contributed by atoms with Crippen molar-refractivity contribution < 1.29 is 33.0 Å². The van der Waals surface area contributed by atoms with E-state index in [0.717, 1.165) is 29.9 Å². The standard InChI is InChI=1S/C31H36FN3O6S/c1-30(2,3)41-29(38)34-13-6-5-7-15-42-27-18-23-21(17-26(27)39-4)24(10-14-33-23)40-25-9-8-20(16-22(25)32)35-28(37)31(19-36)11-12-31/h8-10,14,16-19H,5-7,11-13,15H2,1-4H3,(H,34,38)(H,35,37). The molecule has 1 aliphatic carbocycles. The number of carbonyl (C=O) groups is 3. The number of alkyl carbamates (subject to hydrolysis) is 1. The molecule has 0 saturated heterocycles. The third-order valence-electron chi connectivity index (χ3n) is 6.61. The van der Waals surface area contributed by atoms with Gasteiger partial charge in [0.05, 0.1) is 17.5 Å². The molecular weight excluding hydrogens is 561 g/mol. The van der Waals surface area contributed by atoms with Crippen LogP contribution in [0.15, 0.2) is 47.5 Å². The number of amides is 2. The third-order valence-corrected chi connectivity index (χ3v) is 7.73. The summed E-state index contributed by atoms with van der Waals surface area (Å²) in [5, 5.41) is 6.03. The number of aldehydes is 1. The Hall–Kier alpha value is -3.86. The minimum Gasteiger partial charge on any atom is -0.496 e. The van der Waals surface area contributed by atoms with Crippen LogP contribution in [-0.2, 0) is 14.3 Å². The highest BCUT2D eigenvalue weighted by Gasteiger charge is 2.50. The fourth-order valence-electron chi connectivity index (χ4n) is 4.15. The number of methoxy groups -OCH3 is 1. The van der Waals surface area contributed by atoms with Crippen molar-refractivity contribution in [3.8, 4) is 17.2 Å². The molecule has 2 amide bonds. The van der Waals surface area contributed by atoms with Gasteiger partial charge in [0.1, 0.15) is 28.8 Å². The second-order valence-electron chi connectivity index (χ2n) is 11.1. The smallest absolute Gasteiger partial charge is 0.407 e. The number of pyridine rings is 1. The van der Waals surface area contributed by atoms with E-state index in [2.05, 4.69) is 15.6 Å². The number of unbranched alkanes of at least 4 members (excludes halogenated alkanes) is 2. The number of anilines is 1. The van der Waals surface area contributed by atoms with Gasteiger partial charge in [-0.2, -0.15) is 0 Å². The predicted molar refractivity (Wildman–Crippen MR) is 160 cm³/mol. The number of aromatic nitrogens is 1. The number of hydrogen-bond donors (Lipinski definition) is 2. The van der Waals surface area contributed by atoms with Crippen LogP contribution in [0.3, 0.4) is 0 Å². The number of benzene rings is 2. The molecule has 0 aliphatic heterocycles. The van der Waals surface area contributed by atoms with E-state index in [9.17, 15) is 18.8 Å². The van der Waals surface area contributed by atoms with E-state index < -0.39 is 28.8 Å². The van der Waals surface area contributed by atoms with Crippen molar-refractivity contribution in [2.24, 2.45) is 5.41 Å². The summed E-state index contributed by atoms with van der Waals surface area (Å²) in [7, 11) is 1.59. The summed E-state index contributed by atoms with van der Waals surface area (Å²) in [6.07, 6.45) is 5.58. The highest BCUT2D eigenvalue weighted by Crippen LogP contribution is 2.44. The Bertz CT molecular complexity index is 1450. The SMILES string of the molecule is COc1cc2c(Oc3ccc(NC(=O)C4(C=O)CC4)cc3F)ccnc2cc1SCCCCCNC(=O)OC(C)(C)C. The summed E-state index contributed by atoms with van der Waals surface area (Å²) in [5.74, 6) is 0.805. The van der Waals surface area contributed by atoms with Crippen molar-refractivity contribution in [3.05, 3.63) is 48.4 Å². The Morgan fingerprint density at radius 2 is 1.86 bits per heavy atom. The maximum Gasteiger partial charge on any atom is 0.407 e. The van der Waals surface area contributed by atoms with Crippen LogP contribution in [0.4, 0.5) is 14.9 Å². The zero-order valence-corrected chi connectivity index (χ0v) is 25.1. The Balaban J connectivity index is 1.35. The van der Waals surface area contributed by atoms with Crippen LogP contribution in [0.1, 0.15) is 52.9 Å². The van der Waals surface area contributed by atoms with Gasteiger partial charge in [0, 0.05) is 29.9 Å². The lowest BCUT2D eigenvalue weighted by molar-refractivity contribution is -0.126. The highest BCUT2D eigenvalue weighted by atomic mass is 32.2. The zero-order chi connectivity index (χ0) is 30.3. The molecule has 1 fully saturated rings. The van der Waals surface area contributed by atoms with E-state index in [1.54, 1.807) is 31.1 Å². The molecule has 1 aromatic heterocycles. The molecule has 3 aromatic rings. The van der Waals surface area contributed by atoms with Gasteiger partial charge in [-0.3, -0.25) is 9.78 Å². The summed E-state index contributed by atoms with van der Waals surface area (Å²) in [5.41, 5.74) is -0.578. The first-order valence-corrected chi connectivity index (χ1v) is 14.8. The van der Waals surface area contributed by atoms with Crippen LogP contribution < -0.4 is 20.1 Å². The maximum atomic E-state index is 14.9. The van der Waals surface area contributed by atoms with Gasteiger partial charge >= 0.3 is 6.09 Å². The van der Waals surface area contributed by atoms with Crippen LogP contribution in [0.2, 0.25) is 0 Å². The fraction of sp³-hybridized carbons (Fsp3) is 0.419. The van der Waals surface area contributed by atoms with E-state index in [1.165, 1.54) is 18.2 Å². The van der Waals surface area contributed by atoms with Gasteiger partial charge in [0.15, 0.2) is 11.6 Å². The molecule has 0 spiro atoms. The molecule has 4 rings (SSSR count). The Morgan fingerprint density at radius 1 is 1.07 bits per heavy atom. The molecule has 0 bridgehead atoms. The first-order valence-electron chi connectivity index (χ1n) is 13.9. The molecular formula is C31H36FN3O6S. The van der Waals surface area contributed by atoms with Crippen molar-refractivity contribution in [1.82, 2.24) is 10.3 Å². The summed E-state index contributed by atoms with van der Waals surface area (Å²) < 4.78 is 31.7. The molecule has 224 valence electrons. The van der Waals surface area contributed by atoms with Crippen molar-refractivity contribution in [1.29, 1.82) is 0 Å². The molecule has 0 radical (unpaired) electrons. The minimum absolute atomic E-state index is 0.0180. The van der Waals surface area contributed by atoms with Gasteiger partial charge in [0.25, 0.3) is 0 Å². The van der Waals surface area contributed by atoms with Crippen molar-refractivity contribution >= 4 is 46.6 Å². The minimum atomic E-state index is -0.988. The summed E-state index contributed by atoms with van der Waals surface area (Å²) in [4.78, 5) is 40.6. The Kier molecular flexibility index (Phi) is 9.93. The molecule has 9 nitrogen and oxygen atoms in total. The summed E-state index contributed by atoms with van der Waals surface area (Å²) in [6, 6.07) is 9.53. The summed E-state index contributed by atoms with van der Waals surface area (Å²) in [6.45, 7) is 6.06. The molecule has 2 N–H and O–H groups in total. The first kappa shape index (κ1) is 31.1. The molecule has 1 heterocycles. The van der Waals surface area contributed by atoms with Crippen LogP contribution in [-0.4, -0.2) is 48.3 Å². The van der Waals surface area contributed by atoms with Crippen LogP contribution >= 0.6 is 11.8 Å². The van der Waals surface area contributed by atoms with Gasteiger partial charge < -0.3 is 29.6 Å². The van der Waals surface area contributed by atoms with Crippen LogP contribution in [0.5, 0.6) is 17.2 Å². The fourth-order valence-corrected chi connectivity index (χ4v) is 5.20. The topological polar surface area (TPSA) is 116 Å².